The van der Waals surface area contributed by atoms with Crippen LogP contribution < -0.4 is 5.32 Å². The van der Waals surface area contributed by atoms with Gasteiger partial charge in [-0.15, -0.1) is 0 Å². The largest absolute Gasteiger partial charge is 0.314 e. The molecule has 1 nitrogen and oxygen atoms in total. The zero-order chi connectivity index (χ0) is 12.9. The van der Waals surface area contributed by atoms with Crippen LogP contribution in [0.2, 0.25) is 0 Å². The zero-order valence-electron chi connectivity index (χ0n) is 12.7. The molecule has 1 heteroatoms. The van der Waals surface area contributed by atoms with Gasteiger partial charge in [-0.25, -0.2) is 0 Å². The van der Waals surface area contributed by atoms with Crippen LogP contribution in [0, 0.1) is 5.92 Å². The predicted molar refractivity (Wildman–Crippen MR) is 79.5 cm³/mol. The van der Waals surface area contributed by atoms with Crippen LogP contribution in [0.3, 0.4) is 0 Å². The third kappa shape index (κ3) is 13.9. The first-order valence-electron chi connectivity index (χ1n) is 7.90. The Morgan fingerprint density at radius 3 is 2.06 bits per heavy atom. The van der Waals surface area contributed by atoms with Gasteiger partial charge in [0.15, 0.2) is 0 Å². The molecule has 0 aliphatic rings. The predicted octanol–water partition coefficient (Wildman–Crippen LogP) is 5.15. The molecule has 0 aliphatic carbocycles. The van der Waals surface area contributed by atoms with E-state index in [1.165, 1.54) is 64.3 Å². The van der Waals surface area contributed by atoms with Crippen molar-refractivity contribution in [1.82, 2.24) is 5.32 Å². The molecule has 0 saturated heterocycles. The van der Waals surface area contributed by atoms with E-state index in [-0.39, 0.29) is 0 Å². The Labute approximate surface area is 110 Å². The summed E-state index contributed by atoms with van der Waals surface area (Å²) in [5, 5.41) is 3.65. The number of nitrogens with one attached hydrogen (secondary N) is 1. The molecule has 0 aromatic heterocycles. The van der Waals surface area contributed by atoms with Crippen LogP contribution >= 0.6 is 0 Å². The highest BCUT2D eigenvalue weighted by atomic mass is 14.9. The highest BCUT2D eigenvalue weighted by Gasteiger charge is 2.00. The van der Waals surface area contributed by atoms with Crippen molar-refractivity contribution in [3.63, 3.8) is 0 Å². The van der Waals surface area contributed by atoms with Crippen LogP contribution in [0.4, 0.5) is 0 Å². The van der Waals surface area contributed by atoms with Gasteiger partial charge in [0.05, 0.1) is 0 Å². The molecule has 17 heavy (non-hydrogen) atoms. The van der Waals surface area contributed by atoms with Crippen LogP contribution in [-0.2, 0) is 0 Å². The fraction of sp³-hybridized carbons (Fsp3) is 1.00. The number of hydrogen-bond acceptors (Lipinski definition) is 1. The first kappa shape index (κ1) is 17.0. The molecule has 0 aromatic rings. The molecule has 1 N–H and O–H groups in total. The van der Waals surface area contributed by atoms with Gasteiger partial charge in [-0.05, 0) is 32.2 Å². The van der Waals surface area contributed by atoms with E-state index in [1.807, 2.05) is 0 Å². The van der Waals surface area contributed by atoms with E-state index < -0.39 is 0 Å². The summed E-state index contributed by atoms with van der Waals surface area (Å²) in [5.74, 6) is 0.867. The Morgan fingerprint density at radius 2 is 1.41 bits per heavy atom. The minimum absolute atomic E-state index is 0.718. The van der Waals surface area contributed by atoms with Crippen LogP contribution in [0.15, 0.2) is 0 Å². The Morgan fingerprint density at radius 1 is 0.765 bits per heavy atom. The molecular formula is C16H35N. The van der Waals surface area contributed by atoms with Crippen molar-refractivity contribution in [2.45, 2.75) is 91.5 Å². The molecule has 1 unspecified atom stereocenters. The third-order valence-electron chi connectivity index (χ3n) is 3.44. The SMILES string of the molecule is CCCCCCCC(C)NCCCCC(C)C. The average Bonchev–Trinajstić information content (AvgIpc) is 2.28. The Kier molecular flexibility index (Phi) is 12.4. The Hall–Kier alpha value is -0.0400. The summed E-state index contributed by atoms with van der Waals surface area (Å²) in [6.07, 6.45) is 12.5. The summed E-state index contributed by atoms with van der Waals surface area (Å²) < 4.78 is 0. The lowest BCUT2D eigenvalue weighted by Crippen LogP contribution is -2.26. The highest BCUT2D eigenvalue weighted by molar-refractivity contribution is 4.61. The maximum Gasteiger partial charge on any atom is 0.00387 e. The van der Waals surface area contributed by atoms with E-state index in [4.69, 9.17) is 0 Å². The van der Waals surface area contributed by atoms with Crippen molar-refractivity contribution in [1.29, 1.82) is 0 Å². The minimum atomic E-state index is 0.718. The standard InChI is InChI=1S/C16H35N/c1-5-6-7-8-9-13-16(4)17-14-11-10-12-15(2)3/h15-17H,5-14H2,1-4H3. The zero-order valence-corrected chi connectivity index (χ0v) is 12.7. The van der Waals surface area contributed by atoms with E-state index in [1.54, 1.807) is 0 Å². The first-order valence-corrected chi connectivity index (χ1v) is 7.90. The van der Waals surface area contributed by atoms with E-state index in [2.05, 4.69) is 33.0 Å². The molecule has 0 aliphatic heterocycles. The molecular weight excluding hydrogens is 206 g/mol. The number of rotatable bonds is 12. The van der Waals surface area contributed by atoms with Gasteiger partial charge in [0.1, 0.15) is 0 Å². The van der Waals surface area contributed by atoms with Crippen molar-refractivity contribution >= 4 is 0 Å². The van der Waals surface area contributed by atoms with Crippen molar-refractivity contribution in [2.24, 2.45) is 5.92 Å². The van der Waals surface area contributed by atoms with Gasteiger partial charge in [-0.2, -0.15) is 0 Å². The van der Waals surface area contributed by atoms with Gasteiger partial charge in [0.25, 0.3) is 0 Å². The molecule has 0 amide bonds. The third-order valence-corrected chi connectivity index (χ3v) is 3.44. The topological polar surface area (TPSA) is 12.0 Å². The van der Waals surface area contributed by atoms with Gasteiger partial charge >= 0.3 is 0 Å². The Bertz CT molecular complexity index is 142. The van der Waals surface area contributed by atoms with Gasteiger partial charge < -0.3 is 5.32 Å². The molecule has 0 heterocycles. The molecule has 104 valence electrons. The van der Waals surface area contributed by atoms with Crippen molar-refractivity contribution < 1.29 is 0 Å². The molecule has 0 bridgehead atoms. The van der Waals surface area contributed by atoms with E-state index in [0.717, 1.165) is 12.0 Å². The Balaban J connectivity index is 3.14. The number of unbranched alkanes of at least 4 members (excludes halogenated alkanes) is 5. The fourth-order valence-electron chi connectivity index (χ4n) is 2.18. The normalized spacial score (nSPS) is 13.2. The maximum atomic E-state index is 3.65. The molecule has 0 fully saturated rings. The van der Waals surface area contributed by atoms with Crippen LogP contribution in [-0.4, -0.2) is 12.6 Å². The lowest BCUT2D eigenvalue weighted by molar-refractivity contribution is 0.458. The molecule has 0 saturated carbocycles. The summed E-state index contributed by atoms with van der Waals surface area (Å²) in [4.78, 5) is 0. The summed E-state index contributed by atoms with van der Waals surface area (Å²) >= 11 is 0. The van der Waals surface area contributed by atoms with Gasteiger partial charge in [-0.1, -0.05) is 65.7 Å². The maximum absolute atomic E-state index is 3.65. The van der Waals surface area contributed by atoms with E-state index in [0.29, 0.717) is 0 Å². The van der Waals surface area contributed by atoms with Crippen molar-refractivity contribution in [2.75, 3.05) is 6.54 Å². The lowest BCUT2D eigenvalue weighted by Gasteiger charge is -2.13. The summed E-state index contributed by atoms with van der Waals surface area (Å²) in [6, 6.07) is 0.718. The second kappa shape index (κ2) is 12.4. The van der Waals surface area contributed by atoms with E-state index >= 15 is 0 Å². The smallest absolute Gasteiger partial charge is 0.00387 e. The lowest BCUT2D eigenvalue weighted by atomic mass is 10.1. The minimum Gasteiger partial charge on any atom is -0.314 e. The average molecular weight is 241 g/mol. The molecule has 0 spiro atoms. The van der Waals surface area contributed by atoms with Gasteiger partial charge in [0, 0.05) is 6.04 Å². The van der Waals surface area contributed by atoms with Crippen molar-refractivity contribution in [3.05, 3.63) is 0 Å². The quantitative estimate of drug-likeness (QED) is 0.466. The monoisotopic (exact) mass is 241 g/mol. The summed E-state index contributed by atoms with van der Waals surface area (Å²) in [5.41, 5.74) is 0. The van der Waals surface area contributed by atoms with Crippen LogP contribution in [0.25, 0.3) is 0 Å². The fourth-order valence-corrected chi connectivity index (χ4v) is 2.18. The van der Waals surface area contributed by atoms with Crippen molar-refractivity contribution in [3.8, 4) is 0 Å². The van der Waals surface area contributed by atoms with Gasteiger partial charge in [0.2, 0.25) is 0 Å². The van der Waals surface area contributed by atoms with Crippen LogP contribution in [0.1, 0.15) is 85.5 Å². The summed E-state index contributed by atoms with van der Waals surface area (Å²) in [6.45, 7) is 10.4. The van der Waals surface area contributed by atoms with Crippen LogP contribution in [0.5, 0.6) is 0 Å². The second-order valence-corrected chi connectivity index (χ2v) is 5.95. The molecule has 0 rings (SSSR count). The molecule has 1 atom stereocenters. The summed E-state index contributed by atoms with van der Waals surface area (Å²) in [7, 11) is 0. The highest BCUT2D eigenvalue weighted by Crippen LogP contribution is 2.08. The molecule has 0 radical (unpaired) electrons. The van der Waals surface area contributed by atoms with E-state index in [9.17, 15) is 0 Å². The number of hydrogen-bond donors (Lipinski definition) is 1. The van der Waals surface area contributed by atoms with Gasteiger partial charge in [-0.3, -0.25) is 0 Å². The second-order valence-electron chi connectivity index (χ2n) is 5.95. The molecule has 0 aromatic carbocycles. The first-order chi connectivity index (χ1) is 8.16.